The number of rotatable bonds is 4. The average Bonchev–Trinajstić information content (AvgIpc) is 2.27. The molecular weight excluding hydrogens is 214 g/mol. The molecule has 1 unspecified atom stereocenters. The second-order valence-corrected chi connectivity index (χ2v) is 3.72. The zero-order valence-electron chi connectivity index (χ0n) is 9.00. The molecule has 0 bridgehead atoms. The third-order valence-corrected chi connectivity index (χ3v) is 2.62. The van der Waals surface area contributed by atoms with Gasteiger partial charge in [0, 0.05) is 38.3 Å². The van der Waals surface area contributed by atoms with Crippen molar-refractivity contribution >= 4 is 17.5 Å². The fraction of sp³-hybridized carbons (Fsp3) is 0.700. The van der Waals surface area contributed by atoms with Gasteiger partial charge in [-0.05, 0) is 6.92 Å². The molecule has 0 spiro atoms. The van der Waals surface area contributed by atoms with Crippen LogP contribution in [-0.4, -0.2) is 49.6 Å². The van der Waals surface area contributed by atoms with Crippen LogP contribution in [0.4, 0.5) is 0 Å². The molecule has 1 heterocycles. The van der Waals surface area contributed by atoms with Crippen molar-refractivity contribution in [2.24, 2.45) is 0 Å². The molecule has 86 valence electrons. The van der Waals surface area contributed by atoms with Crippen molar-refractivity contribution in [3.05, 3.63) is 11.6 Å². The molecule has 0 saturated carbocycles. The summed E-state index contributed by atoms with van der Waals surface area (Å²) in [4.78, 5) is 13.8. The second-order valence-electron chi connectivity index (χ2n) is 3.47. The van der Waals surface area contributed by atoms with Crippen molar-refractivity contribution in [1.29, 1.82) is 0 Å². The second kappa shape index (κ2) is 6.82. The van der Waals surface area contributed by atoms with Crippen molar-refractivity contribution in [3.63, 3.8) is 0 Å². The molecule has 2 N–H and O–H groups in total. The molecule has 0 aliphatic carbocycles. The minimum absolute atomic E-state index is 0.0773. The van der Waals surface area contributed by atoms with Crippen LogP contribution >= 0.6 is 11.6 Å². The predicted molar refractivity (Wildman–Crippen MR) is 61.9 cm³/mol. The van der Waals surface area contributed by atoms with Gasteiger partial charge < -0.3 is 10.6 Å². The monoisotopic (exact) mass is 231 g/mol. The van der Waals surface area contributed by atoms with E-state index in [1.807, 2.05) is 13.0 Å². The number of nitrogens with one attached hydrogen (secondary N) is 2. The Bertz CT molecular complexity index is 233. The lowest BCUT2D eigenvalue weighted by Gasteiger charge is -2.34. The third-order valence-electron chi connectivity index (χ3n) is 2.44. The summed E-state index contributed by atoms with van der Waals surface area (Å²) in [5.41, 5.74) is 1.50. The summed E-state index contributed by atoms with van der Waals surface area (Å²) < 4.78 is 0. The van der Waals surface area contributed by atoms with Gasteiger partial charge in [-0.25, -0.2) is 0 Å². The van der Waals surface area contributed by atoms with Gasteiger partial charge in [0.2, 0.25) is 5.91 Å². The average molecular weight is 232 g/mol. The first-order valence-electron chi connectivity index (χ1n) is 5.27. The van der Waals surface area contributed by atoms with Crippen LogP contribution in [0.1, 0.15) is 6.92 Å². The summed E-state index contributed by atoms with van der Waals surface area (Å²) in [5.74, 6) is 0.0904. The van der Waals surface area contributed by atoms with Crippen LogP contribution in [-0.2, 0) is 4.79 Å². The normalized spacial score (nSPS) is 23.2. The van der Waals surface area contributed by atoms with Gasteiger partial charge in [0.15, 0.2) is 0 Å². The molecule has 1 aliphatic heterocycles. The maximum Gasteiger partial charge on any atom is 0.238 e. The van der Waals surface area contributed by atoms with Crippen LogP contribution < -0.4 is 10.6 Å². The van der Waals surface area contributed by atoms with Gasteiger partial charge in [-0.15, -0.1) is 0 Å². The number of carbonyl (C=O) groups is 1. The lowest BCUT2D eigenvalue weighted by molar-refractivity contribution is -0.126. The Morgan fingerprint density at radius 1 is 1.73 bits per heavy atom. The van der Waals surface area contributed by atoms with Crippen molar-refractivity contribution in [2.45, 2.75) is 13.0 Å². The molecule has 15 heavy (non-hydrogen) atoms. The molecule has 0 aromatic heterocycles. The molecule has 0 aromatic rings. The summed E-state index contributed by atoms with van der Waals surface area (Å²) >= 11 is 5.49. The Hall–Kier alpha value is -0.580. The minimum atomic E-state index is -0.0773. The molecule has 1 fully saturated rings. The van der Waals surface area contributed by atoms with Crippen LogP contribution in [0.2, 0.25) is 0 Å². The number of amides is 1. The van der Waals surface area contributed by atoms with Crippen LogP contribution in [0.15, 0.2) is 11.6 Å². The molecule has 1 saturated heterocycles. The Morgan fingerprint density at radius 3 is 3.20 bits per heavy atom. The van der Waals surface area contributed by atoms with E-state index in [4.69, 9.17) is 11.6 Å². The largest absolute Gasteiger partial charge is 0.355 e. The first-order chi connectivity index (χ1) is 7.29. The number of hydrogen-bond acceptors (Lipinski definition) is 3. The summed E-state index contributed by atoms with van der Waals surface area (Å²) in [6.07, 6.45) is 1.86. The van der Waals surface area contributed by atoms with E-state index in [1.165, 1.54) is 5.54 Å². The standard InChI is InChI=1S/C10H18ClN3O/c1-2-13-10(15)9-8-12-5-7-14(9)6-3-4-11/h3-4,9,12H,2,5-8H2,1H3,(H,13,15). The molecule has 4 nitrogen and oxygen atoms in total. The molecule has 0 aromatic carbocycles. The Labute approximate surface area is 95.7 Å². The van der Waals surface area contributed by atoms with Crippen molar-refractivity contribution in [1.82, 2.24) is 15.5 Å². The van der Waals surface area contributed by atoms with E-state index < -0.39 is 0 Å². The Balaban J connectivity index is 2.52. The highest BCUT2D eigenvalue weighted by molar-refractivity contribution is 6.25. The number of nitrogens with zero attached hydrogens (tertiary/aromatic N) is 1. The van der Waals surface area contributed by atoms with E-state index in [2.05, 4.69) is 15.5 Å². The van der Waals surface area contributed by atoms with Crippen LogP contribution in [0.3, 0.4) is 0 Å². The van der Waals surface area contributed by atoms with E-state index in [0.29, 0.717) is 13.1 Å². The van der Waals surface area contributed by atoms with E-state index in [0.717, 1.165) is 19.6 Å². The molecule has 1 amide bonds. The lowest BCUT2D eigenvalue weighted by Crippen LogP contribution is -2.57. The first kappa shape index (κ1) is 12.5. The zero-order chi connectivity index (χ0) is 11.1. The van der Waals surface area contributed by atoms with Gasteiger partial charge in [-0.2, -0.15) is 0 Å². The van der Waals surface area contributed by atoms with E-state index in [9.17, 15) is 4.79 Å². The highest BCUT2D eigenvalue weighted by Gasteiger charge is 2.26. The smallest absolute Gasteiger partial charge is 0.238 e. The molecule has 5 heteroatoms. The molecule has 1 atom stereocenters. The summed E-state index contributed by atoms with van der Waals surface area (Å²) in [6.45, 7) is 5.84. The van der Waals surface area contributed by atoms with Crippen LogP contribution in [0.5, 0.6) is 0 Å². The first-order valence-corrected chi connectivity index (χ1v) is 5.71. The molecular formula is C10H18ClN3O. The van der Waals surface area contributed by atoms with E-state index >= 15 is 0 Å². The van der Waals surface area contributed by atoms with Crippen LogP contribution in [0.25, 0.3) is 0 Å². The van der Waals surface area contributed by atoms with Crippen LogP contribution in [0, 0.1) is 0 Å². The molecule has 0 radical (unpaired) electrons. The fourth-order valence-corrected chi connectivity index (χ4v) is 1.77. The Kier molecular flexibility index (Phi) is 5.68. The quantitative estimate of drug-likeness (QED) is 0.724. The minimum Gasteiger partial charge on any atom is -0.355 e. The lowest BCUT2D eigenvalue weighted by atomic mass is 10.1. The highest BCUT2D eigenvalue weighted by atomic mass is 35.5. The Morgan fingerprint density at radius 2 is 2.53 bits per heavy atom. The maximum atomic E-state index is 11.7. The predicted octanol–water partition coefficient (Wildman–Crippen LogP) is 0.149. The zero-order valence-corrected chi connectivity index (χ0v) is 9.76. The summed E-state index contributed by atoms with van der Waals surface area (Å²) in [6, 6.07) is -0.0773. The van der Waals surface area contributed by atoms with Gasteiger partial charge in [0.25, 0.3) is 0 Å². The van der Waals surface area contributed by atoms with Gasteiger partial charge in [-0.1, -0.05) is 17.7 Å². The van der Waals surface area contributed by atoms with Gasteiger partial charge in [0.1, 0.15) is 6.04 Å². The van der Waals surface area contributed by atoms with E-state index in [-0.39, 0.29) is 11.9 Å². The SMILES string of the molecule is CCNC(=O)C1CNCCN1CC=CCl. The number of likely N-dealkylation sites (N-methyl/N-ethyl adjacent to an activating group) is 1. The van der Waals surface area contributed by atoms with Crippen molar-refractivity contribution in [3.8, 4) is 0 Å². The summed E-state index contributed by atoms with van der Waals surface area (Å²) in [5, 5.41) is 6.06. The number of hydrogen-bond donors (Lipinski definition) is 2. The molecule has 1 rings (SSSR count). The number of piperazine rings is 1. The topological polar surface area (TPSA) is 44.4 Å². The van der Waals surface area contributed by atoms with Gasteiger partial charge in [-0.3, -0.25) is 9.69 Å². The van der Waals surface area contributed by atoms with Crippen molar-refractivity contribution in [2.75, 3.05) is 32.7 Å². The van der Waals surface area contributed by atoms with Gasteiger partial charge >= 0.3 is 0 Å². The fourth-order valence-electron chi connectivity index (χ4n) is 1.69. The number of carbonyl (C=O) groups excluding carboxylic acids is 1. The van der Waals surface area contributed by atoms with E-state index in [1.54, 1.807) is 0 Å². The molecule has 1 aliphatic rings. The summed E-state index contributed by atoms with van der Waals surface area (Å²) in [7, 11) is 0. The maximum absolute atomic E-state index is 11.7. The number of halogens is 1. The third kappa shape index (κ3) is 3.81. The highest BCUT2D eigenvalue weighted by Crippen LogP contribution is 2.03. The van der Waals surface area contributed by atoms with Crippen molar-refractivity contribution < 1.29 is 4.79 Å². The van der Waals surface area contributed by atoms with Gasteiger partial charge in [0.05, 0.1) is 0 Å².